The first kappa shape index (κ1) is 11.9. The first-order valence-corrected chi connectivity index (χ1v) is 7.05. The maximum absolute atomic E-state index is 11.3. The van der Waals surface area contributed by atoms with Crippen molar-refractivity contribution in [1.29, 1.82) is 0 Å². The average Bonchev–Trinajstić information content (AvgIpc) is 2.95. The van der Waals surface area contributed by atoms with Crippen LogP contribution in [0, 0.1) is 0 Å². The van der Waals surface area contributed by atoms with Gasteiger partial charge in [0.1, 0.15) is 0 Å². The van der Waals surface area contributed by atoms with Crippen LogP contribution in [0.4, 0.5) is 0 Å². The zero-order valence-electron chi connectivity index (χ0n) is 8.78. The maximum atomic E-state index is 11.3. The Morgan fingerprint density at radius 2 is 2.00 bits per heavy atom. The molecule has 0 saturated heterocycles. The molecule has 84 valence electrons. The predicted octanol–water partition coefficient (Wildman–Crippen LogP) is -0.156. The maximum Gasteiger partial charge on any atom is 0.151 e. The van der Waals surface area contributed by atoms with Crippen LogP contribution in [-0.4, -0.2) is 50.5 Å². The molecule has 1 aliphatic carbocycles. The van der Waals surface area contributed by atoms with Gasteiger partial charge in [-0.2, -0.15) is 0 Å². The Kier molecular flexibility index (Phi) is 4.34. The molecule has 1 rings (SSSR count). The third-order valence-electron chi connectivity index (χ3n) is 2.61. The molecule has 1 saturated carbocycles. The highest BCUT2D eigenvalue weighted by Crippen LogP contribution is 2.26. The molecule has 0 amide bonds. The Hall–Kier alpha value is -0.130. The average molecular weight is 220 g/mol. The Morgan fingerprint density at radius 1 is 1.36 bits per heavy atom. The molecule has 2 N–H and O–H groups in total. The van der Waals surface area contributed by atoms with E-state index in [2.05, 4.69) is 4.90 Å². The first-order valence-electron chi connectivity index (χ1n) is 5.23. The fourth-order valence-electron chi connectivity index (χ4n) is 1.48. The first-order chi connectivity index (χ1) is 6.59. The fraction of sp³-hybridized carbons (Fsp3) is 1.00. The van der Waals surface area contributed by atoms with Gasteiger partial charge >= 0.3 is 0 Å². The Balaban J connectivity index is 2.32. The van der Waals surface area contributed by atoms with Crippen LogP contribution in [0.25, 0.3) is 0 Å². The van der Waals surface area contributed by atoms with Gasteiger partial charge in [-0.05, 0) is 12.8 Å². The zero-order chi connectivity index (χ0) is 10.6. The van der Waals surface area contributed by atoms with E-state index in [1.165, 1.54) is 12.8 Å². The minimum Gasteiger partial charge on any atom is -0.329 e. The number of hydrogen-bond donors (Lipinski definition) is 1. The smallest absolute Gasteiger partial charge is 0.151 e. The quantitative estimate of drug-likeness (QED) is 0.648. The summed E-state index contributed by atoms with van der Waals surface area (Å²) in [4.78, 5) is 2.20. The van der Waals surface area contributed by atoms with E-state index in [1.54, 1.807) is 6.92 Å². The van der Waals surface area contributed by atoms with Crippen LogP contribution >= 0.6 is 0 Å². The van der Waals surface area contributed by atoms with Gasteiger partial charge in [-0.1, -0.05) is 6.92 Å². The van der Waals surface area contributed by atoms with Crippen LogP contribution in [0.15, 0.2) is 0 Å². The topological polar surface area (TPSA) is 63.4 Å². The Labute approximate surface area is 86.4 Å². The van der Waals surface area contributed by atoms with E-state index in [0.717, 1.165) is 6.54 Å². The van der Waals surface area contributed by atoms with Gasteiger partial charge in [0.05, 0.1) is 5.75 Å². The van der Waals surface area contributed by atoms with E-state index in [1.807, 2.05) is 0 Å². The van der Waals surface area contributed by atoms with Gasteiger partial charge in [-0.15, -0.1) is 0 Å². The van der Waals surface area contributed by atoms with Crippen LogP contribution in [-0.2, 0) is 9.84 Å². The van der Waals surface area contributed by atoms with Crippen LogP contribution in [0.3, 0.4) is 0 Å². The highest BCUT2D eigenvalue weighted by molar-refractivity contribution is 7.91. The zero-order valence-corrected chi connectivity index (χ0v) is 9.59. The van der Waals surface area contributed by atoms with Crippen molar-refractivity contribution < 1.29 is 8.42 Å². The van der Waals surface area contributed by atoms with E-state index >= 15 is 0 Å². The molecule has 0 radical (unpaired) electrons. The van der Waals surface area contributed by atoms with E-state index in [4.69, 9.17) is 5.73 Å². The molecule has 1 aliphatic rings. The number of sulfone groups is 1. The molecular weight excluding hydrogens is 200 g/mol. The van der Waals surface area contributed by atoms with Gasteiger partial charge in [0, 0.05) is 31.4 Å². The predicted molar refractivity (Wildman–Crippen MR) is 58.0 cm³/mol. The summed E-state index contributed by atoms with van der Waals surface area (Å²) in [6.07, 6.45) is 2.40. The van der Waals surface area contributed by atoms with Crippen LogP contribution in [0.5, 0.6) is 0 Å². The second-order valence-electron chi connectivity index (χ2n) is 3.79. The molecule has 1 fully saturated rings. The SMILES string of the molecule is CCS(=O)(=O)CCN(CCN)C1CC1. The molecular formula is C9H20N2O2S. The van der Waals surface area contributed by atoms with E-state index < -0.39 is 9.84 Å². The van der Waals surface area contributed by atoms with Crippen molar-refractivity contribution in [2.45, 2.75) is 25.8 Å². The van der Waals surface area contributed by atoms with Crippen molar-refractivity contribution in [1.82, 2.24) is 4.90 Å². The van der Waals surface area contributed by atoms with E-state index in [0.29, 0.717) is 19.1 Å². The lowest BCUT2D eigenvalue weighted by molar-refractivity contribution is 0.287. The third-order valence-corrected chi connectivity index (χ3v) is 4.29. The summed E-state index contributed by atoms with van der Waals surface area (Å²) < 4.78 is 22.6. The summed E-state index contributed by atoms with van der Waals surface area (Å²) in [5.41, 5.74) is 5.48. The van der Waals surface area contributed by atoms with Crippen molar-refractivity contribution in [3.8, 4) is 0 Å². The summed E-state index contributed by atoms with van der Waals surface area (Å²) in [5.74, 6) is 0.522. The minimum absolute atomic E-state index is 0.244. The standard InChI is InChI=1S/C9H20N2O2S/c1-2-14(12,13)8-7-11(6-5-10)9-3-4-9/h9H,2-8,10H2,1H3. The molecule has 4 nitrogen and oxygen atoms in total. The van der Waals surface area contributed by atoms with Crippen molar-refractivity contribution >= 4 is 9.84 Å². The number of hydrogen-bond acceptors (Lipinski definition) is 4. The molecule has 0 heterocycles. The lowest BCUT2D eigenvalue weighted by atomic mass is 10.4. The molecule has 5 heteroatoms. The molecule has 0 aromatic heterocycles. The van der Waals surface area contributed by atoms with Gasteiger partial charge in [-0.25, -0.2) is 8.42 Å². The molecule has 0 spiro atoms. The lowest BCUT2D eigenvalue weighted by Crippen LogP contribution is -2.35. The lowest BCUT2D eigenvalue weighted by Gasteiger charge is -2.20. The van der Waals surface area contributed by atoms with Crippen LogP contribution in [0.1, 0.15) is 19.8 Å². The highest BCUT2D eigenvalue weighted by atomic mass is 32.2. The Morgan fingerprint density at radius 3 is 2.43 bits per heavy atom. The summed E-state index contributed by atoms with van der Waals surface area (Å²) in [7, 11) is -2.82. The number of rotatable bonds is 7. The van der Waals surface area contributed by atoms with Gasteiger partial charge in [0.25, 0.3) is 0 Å². The summed E-state index contributed by atoms with van der Waals surface area (Å²) >= 11 is 0. The fourth-order valence-corrected chi connectivity index (χ4v) is 2.28. The second-order valence-corrected chi connectivity index (χ2v) is 6.26. The number of nitrogens with zero attached hydrogens (tertiary/aromatic N) is 1. The van der Waals surface area contributed by atoms with Crippen molar-refractivity contribution in [3.05, 3.63) is 0 Å². The molecule has 0 bridgehead atoms. The summed E-state index contributed by atoms with van der Waals surface area (Å²) in [6, 6.07) is 0.602. The van der Waals surface area contributed by atoms with Crippen LogP contribution in [0.2, 0.25) is 0 Å². The monoisotopic (exact) mass is 220 g/mol. The minimum atomic E-state index is -2.82. The van der Waals surface area contributed by atoms with Crippen molar-refractivity contribution in [3.63, 3.8) is 0 Å². The second kappa shape index (κ2) is 5.09. The van der Waals surface area contributed by atoms with Crippen LogP contribution < -0.4 is 5.73 Å². The molecule has 14 heavy (non-hydrogen) atoms. The van der Waals surface area contributed by atoms with E-state index in [9.17, 15) is 8.42 Å². The Bertz CT molecular complexity index is 260. The van der Waals surface area contributed by atoms with Crippen molar-refractivity contribution in [2.24, 2.45) is 5.73 Å². The van der Waals surface area contributed by atoms with Gasteiger partial charge in [0.15, 0.2) is 9.84 Å². The van der Waals surface area contributed by atoms with Gasteiger partial charge < -0.3 is 5.73 Å². The van der Waals surface area contributed by atoms with Crippen molar-refractivity contribution in [2.75, 3.05) is 31.1 Å². The largest absolute Gasteiger partial charge is 0.329 e. The molecule has 0 aromatic carbocycles. The van der Waals surface area contributed by atoms with Gasteiger partial charge in [0.2, 0.25) is 0 Å². The molecule has 0 atom stereocenters. The number of nitrogens with two attached hydrogens (primary N) is 1. The highest BCUT2D eigenvalue weighted by Gasteiger charge is 2.28. The molecule has 0 aliphatic heterocycles. The molecule has 0 aromatic rings. The summed E-state index contributed by atoms with van der Waals surface area (Å²) in [5, 5.41) is 0. The van der Waals surface area contributed by atoms with Gasteiger partial charge in [-0.3, -0.25) is 4.90 Å². The molecule has 0 unspecified atom stereocenters. The normalized spacial score (nSPS) is 17.6. The third kappa shape index (κ3) is 3.94. The summed E-state index contributed by atoms with van der Waals surface area (Å²) in [6.45, 7) is 3.78. The van der Waals surface area contributed by atoms with E-state index in [-0.39, 0.29) is 11.5 Å².